The molecular formula is C19H27NO4S. The van der Waals surface area contributed by atoms with E-state index in [0.29, 0.717) is 18.8 Å². The number of hydrogen-bond donors (Lipinski definition) is 2. The van der Waals surface area contributed by atoms with Crippen LogP contribution in [0.2, 0.25) is 0 Å². The van der Waals surface area contributed by atoms with Crippen molar-refractivity contribution in [1.29, 1.82) is 0 Å². The van der Waals surface area contributed by atoms with Gasteiger partial charge in [0.1, 0.15) is 0 Å². The third kappa shape index (κ3) is 4.43. The zero-order valence-electron chi connectivity index (χ0n) is 14.6. The molecule has 0 saturated heterocycles. The molecule has 3 atom stereocenters. The number of aliphatic hydroxyl groups excluding tert-OH is 1. The minimum Gasteiger partial charge on any atom is -0.459 e. The minimum absolute atomic E-state index is 0.0685. The van der Waals surface area contributed by atoms with Crippen molar-refractivity contribution in [2.45, 2.75) is 57.3 Å². The molecule has 3 rings (SSSR count). The van der Waals surface area contributed by atoms with Crippen molar-refractivity contribution < 1.29 is 19.4 Å². The number of allylic oxidation sites excluding steroid dienone is 1. The maximum absolute atomic E-state index is 12.6. The van der Waals surface area contributed by atoms with Crippen LogP contribution in [0.15, 0.2) is 29.3 Å². The summed E-state index contributed by atoms with van der Waals surface area (Å²) in [6.07, 6.45) is 6.22. The topological polar surface area (TPSA) is 67.8 Å². The van der Waals surface area contributed by atoms with Gasteiger partial charge in [0.2, 0.25) is 6.29 Å². The van der Waals surface area contributed by atoms with Crippen molar-refractivity contribution in [3.63, 3.8) is 0 Å². The summed E-state index contributed by atoms with van der Waals surface area (Å²) in [5.41, 5.74) is 0. The van der Waals surface area contributed by atoms with Crippen LogP contribution in [0.5, 0.6) is 0 Å². The molecule has 1 aliphatic heterocycles. The summed E-state index contributed by atoms with van der Waals surface area (Å²) >= 11 is 1.68. The van der Waals surface area contributed by atoms with E-state index in [1.54, 1.807) is 11.3 Å². The Morgan fingerprint density at radius 3 is 2.92 bits per heavy atom. The van der Waals surface area contributed by atoms with Gasteiger partial charge in [-0.3, -0.25) is 4.79 Å². The lowest BCUT2D eigenvalue weighted by Crippen LogP contribution is -2.43. The fourth-order valence-electron chi connectivity index (χ4n) is 3.38. The molecule has 0 aromatic carbocycles. The van der Waals surface area contributed by atoms with Crippen molar-refractivity contribution in [3.8, 4) is 0 Å². The number of hydrogen-bond acceptors (Lipinski definition) is 5. The van der Waals surface area contributed by atoms with Crippen LogP contribution < -0.4 is 5.32 Å². The van der Waals surface area contributed by atoms with Gasteiger partial charge in [-0.1, -0.05) is 6.07 Å². The fourth-order valence-corrected chi connectivity index (χ4v) is 4.26. The second-order valence-corrected chi connectivity index (χ2v) is 7.62. The molecule has 5 nitrogen and oxygen atoms in total. The van der Waals surface area contributed by atoms with Crippen LogP contribution in [0, 0.1) is 5.92 Å². The van der Waals surface area contributed by atoms with Gasteiger partial charge < -0.3 is 19.9 Å². The van der Waals surface area contributed by atoms with Crippen LogP contribution >= 0.6 is 11.3 Å². The van der Waals surface area contributed by atoms with E-state index in [0.717, 1.165) is 19.3 Å². The number of ether oxygens (including phenoxy) is 2. The van der Waals surface area contributed by atoms with Gasteiger partial charge in [0.25, 0.3) is 5.91 Å². The molecule has 0 bridgehead atoms. The Labute approximate surface area is 153 Å². The van der Waals surface area contributed by atoms with Crippen molar-refractivity contribution in [2.75, 3.05) is 13.2 Å². The lowest BCUT2D eigenvalue weighted by atomic mass is 9.84. The number of amides is 1. The minimum atomic E-state index is -0.462. The van der Waals surface area contributed by atoms with Crippen LogP contribution in [-0.2, 0) is 14.3 Å². The Balaban J connectivity index is 1.83. The SMILES string of the molecule is CCO[C@H]1OC(C(=O)NC2CCC2)=C[C@@H](c2cccs2)[C@H]1CCCO. The van der Waals surface area contributed by atoms with Gasteiger partial charge in [-0.05, 0) is 56.6 Å². The Morgan fingerprint density at radius 2 is 2.32 bits per heavy atom. The number of nitrogens with one attached hydrogen (secondary N) is 1. The van der Waals surface area contributed by atoms with Gasteiger partial charge in [0.05, 0.1) is 0 Å². The van der Waals surface area contributed by atoms with E-state index in [2.05, 4.69) is 11.4 Å². The van der Waals surface area contributed by atoms with Crippen molar-refractivity contribution in [3.05, 3.63) is 34.2 Å². The molecule has 6 heteroatoms. The van der Waals surface area contributed by atoms with Gasteiger partial charge in [0.15, 0.2) is 5.76 Å². The highest BCUT2D eigenvalue weighted by molar-refractivity contribution is 7.10. The molecule has 1 amide bonds. The average Bonchev–Trinajstić information content (AvgIpc) is 3.11. The average molecular weight is 365 g/mol. The molecule has 1 aromatic rings. The van der Waals surface area contributed by atoms with E-state index in [1.165, 1.54) is 11.3 Å². The summed E-state index contributed by atoms with van der Waals surface area (Å²) in [5, 5.41) is 14.3. The highest BCUT2D eigenvalue weighted by atomic mass is 32.1. The molecule has 1 fully saturated rings. The maximum atomic E-state index is 12.6. The van der Waals surface area contributed by atoms with Gasteiger partial charge >= 0.3 is 0 Å². The molecule has 2 heterocycles. The van der Waals surface area contributed by atoms with Gasteiger partial charge in [-0.15, -0.1) is 11.3 Å². The van der Waals surface area contributed by atoms with Crippen LogP contribution in [0.25, 0.3) is 0 Å². The Morgan fingerprint density at radius 1 is 1.48 bits per heavy atom. The van der Waals surface area contributed by atoms with Crippen LogP contribution in [0.4, 0.5) is 0 Å². The van der Waals surface area contributed by atoms with Crippen LogP contribution in [-0.4, -0.2) is 36.6 Å². The molecule has 0 spiro atoms. The molecule has 1 saturated carbocycles. The van der Waals surface area contributed by atoms with Crippen LogP contribution in [0.1, 0.15) is 49.8 Å². The molecule has 0 radical (unpaired) electrons. The lowest BCUT2D eigenvalue weighted by molar-refractivity contribution is -0.166. The molecule has 138 valence electrons. The zero-order chi connectivity index (χ0) is 17.6. The standard InChI is InChI=1S/C19H27NO4S/c1-2-23-19-14(8-4-10-21)15(17-9-5-11-25-17)12-16(24-19)18(22)20-13-6-3-7-13/h5,9,11-15,19,21H,2-4,6-8,10H2,1H3,(H,20,22)/t14-,15-,19+/m1/s1. The van der Waals surface area contributed by atoms with Crippen LogP contribution in [0.3, 0.4) is 0 Å². The lowest BCUT2D eigenvalue weighted by Gasteiger charge is -2.37. The summed E-state index contributed by atoms with van der Waals surface area (Å²) in [4.78, 5) is 13.8. The normalized spacial score (nSPS) is 26.5. The highest BCUT2D eigenvalue weighted by Crippen LogP contribution is 2.41. The molecule has 25 heavy (non-hydrogen) atoms. The summed E-state index contributed by atoms with van der Waals surface area (Å²) in [5.74, 6) is 0.380. The molecule has 1 aromatic heterocycles. The largest absolute Gasteiger partial charge is 0.459 e. The van der Waals surface area contributed by atoms with Crippen molar-refractivity contribution >= 4 is 17.2 Å². The molecular weight excluding hydrogens is 338 g/mol. The van der Waals surface area contributed by atoms with Crippen molar-refractivity contribution in [2.24, 2.45) is 5.92 Å². The molecule has 2 aliphatic rings. The Bertz CT molecular complexity index is 582. The van der Waals surface area contributed by atoms with E-state index in [9.17, 15) is 9.90 Å². The Hall–Kier alpha value is -1.37. The highest BCUT2D eigenvalue weighted by Gasteiger charge is 2.38. The third-order valence-electron chi connectivity index (χ3n) is 4.95. The van der Waals surface area contributed by atoms with E-state index in [-0.39, 0.29) is 30.4 Å². The summed E-state index contributed by atoms with van der Waals surface area (Å²) < 4.78 is 11.8. The maximum Gasteiger partial charge on any atom is 0.286 e. The van der Waals surface area contributed by atoms with Gasteiger partial charge in [-0.2, -0.15) is 0 Å². The van der Waals surface area contributed by atoms with E-state index in [1.807, 2.05) is 24.4 Å². The second-order valence-electron chi connectivity index (χ2n) is 6.64. The number of thiophene rings is 1. The Kier molecular flexibility index (Phi) is 6.51. The predicted octanol–water partition coefficient (Wildman–Crippen LogP) is 3.17. The zero-order valence-corrected chi connectivity index (χ0v) is 15.5. The first kappa shape index (κ1) is 18.4. The predicted molar refractivity (Wildman–Crippen MR) is 97.2 cm³/mol. The smallest absolute Gasteiger partial charge is 0.286 e. The first-order valence-corrected chi connectivity index (χ1v) is 10.1. The third-order valence-corrected chi connectivity index (χ3v) is 5.92. The number of aliphatic hydroxyl groups is 1. The van der Waals surface area contributed by atoms with E-state index in [4.69, 9.17) is 9.47 Å². The summed E-state index contributed by atoms with van der Waals surface area (Å²) in [6.45, 7) is 2.60. The monoisotopic (exact) mass is 365 g/mol. The van der Waals surface area contributed by atoms with Gasteiger partial charge in [-0.25, -0.2) is 0 Å². The first-order valence-electron chi connectivity index (χ1n) is 9.18. The van der Waals surface area contributed by atoms with E-state index >= 15 is 0 Å². The fraction of sp³-hybridized carbons (Fsp3) is 0.632. The van der Waals surface area contributed by atoms with Crippen molar-refractivity contribution in [1.82, 2.24) is 5.32 Å². The number of rotatable bonds is 8. The second kappa shape index (κ2) is 8.83. The van der Waals surface area contributed by atoms with E-state index < -0.39 is 6.29 Å². The molecule has 0 unspecified atom stereocenters. The number of carbonyl (C=O) groups is 1. The van der Waals surface area contributed by atoms with Gasteiger partial charge in [0, 0.05) is 36.0 Å². The summed E-state index contributed by atoms with van der Waals surface area (Å²) in [6, 6.07) is 4.39. The summed E-state index contributed by atoms with van der Waals surface area (Å²) in [7, 11) is 0. The first-order chi connectivity index (χ1) is 12.2. The number of carbonyl (C=O) groups excluding carboxylic acids is 1. The quantitative estimate of drug-likeness (QED) is 0.742. The molecule has 2 N–H and O–H groups in total. The molecule has 1 aliphatic carbocycles.